The van der Waals surface area contributed by atoms with Crippen LogP contribution >= 0.6 is 0 Å². The van der Waals surface area contributed by atoms with Gasteiger partial charge in [-0.2, -0.15) is 0 Å². The van der Waals surface area contributed by atoms with Crippen LogP contribution < -0.4 is 34.7 Å². The topological polar surface area (TPSA) is 69.7 Å². The number of piperidine rings is 1. The van der Waals surface area contributed by atoms with Gasteiger partial charge in [-0.3, -0.25) is 0 Å². The molecule has 5 nitrogen and oxygen atoms in total. The maximum Gasteiger partial charge on any atom is 1.00 e. The molecular weight excluding hydrogens is 329 g/mol. The molecule has 2 aliphatic rings. The third-order valence-corrected chi connectivity index (χ3v) is 5.16. The van der Waals surface area contributed by atoms with Gasteiger partial charge in [0.2, 0.25) is 0 Å². The number of hydrogen-bond donors (Lipinski definition) is 0. The van der Waals surface area contributed by atoms with E-state index < -0.39 is 17.5 Å². The van der Waals surface area contributed by atoms with Gasteiger partial charge in [-0.25, -0.2) is 4.79 Å². The van der Waals surface area contributed by atoms with Gasteiger partial charge >= 0.3 is 35.7 Å². The molecule has 1 amide bonds. The molecule has 1 atom stereocenters. The number of hydrogen-bond acceptors (Lipinski definition) is 4. The molecule has 1 fully saturated rings. The molecular formula is C19H24NNaO4. The number of carbonyl (C=O) groups is 2. The molecule has 6 heteroatoms. The molecule has 1 spiro atoms. The van der Waals surface area contributed by atoms with Gasteiger partial charge < -0.3 is 19.5 Å². The predicted molar refractivity (Wildman–Crippen MR) is 87.5 cm³/mol. The largest absolute Gasteiger partial charge is 1.00 e. The van der Waals surface area contributed by atoms with E-state index in [9.17, 15) is 14.7 Å². The predicted octanol–water partition coefficient (Wildman–Crippen LogP) is -0.803. The third kappa shape index (κ3) is 4.04. The van der Waals surface area contributed by atoms with Crippen molar-refractivity contribution >= 4 is 12.1 Å². The Labute approximate surface area is 171 Å². The van der Waals surface area contributed by atoms with Gasteiger partial charge in [0.15, 0.2) is 0 Å². The standard InChI is InChI=1S/C19H25NO4.Na/c1-18(2,3)24-17(23)20-10-8-19(9-11-20)12-14(16(21)22)13-6-4-5-7-15(13)19;/h4-7,14H,8-12H2,1-3H3,(H,21,22);/q;+1/p-1. The summed E-state index contributed by atoms with van der Waals surface area (Å²) < 4.78 is 5.44. The molecule has 25 heavy (non-hydrogen) atoms. The van der Waals surface area contributed by atoms with Gasteiger partial charge in [-0.1, -0.05) is 24.3 Å². The van der Waals surface area contributed by atoms with Crippen molar-refractivity contribution in [3.8, 4) is 0 Å². The van der Waals surface area contributed by atoms with Crippen molar-refractivity contribution in [3.05, 3.63) is 35.4 Å². The quantitative estimate of drug-likeness (QED) is 0.620. The van der Waals surface area contributed by atoms with E-state index in [1.165, 1.54) is 0 Å². The smallest absolute Gasteiger partial charge is 0.549 e. The van der Waals surface area contributed by atoms with Crippen molar-refractivity contribution in [2.45, 2.75) is 57.0 Å². The van der Waals surface area contributed by atoms with Crippen LogP contribution in [-0.2, 0) is 14.9 Å². The summed E-state index contributed by atoms with van der Waals surface area (Å²) in [4.78, 5) is 25.5. The normalized spacial score (nSPS) is 21.4. The first kappa shape index (κ1) is 20.3. The first-order valence-electron chi connectivity index (χ1n) is 8.50. The Morgan fingerprint density at radius 2 is 1.80 bits per heavy atom. The molecule has 0 bridgehead atoms. The van der Waals surface area contributed by atoms with Crippen LogP contribution in [0, 0.1) is 0 Å². The number of rotatable bonds is 1. The first-order valence-corrected chi connectivity index (χ1v) is 8.50. The molecule has 1 heterocycles. The zero-order valence-electron chi connectivity index (χ0n) is 15.5. The SMILES string of the molecule is CC(C)(C)OC(=O)N1CCC2(CC1)CC(C(=O)[O-])c1ccccc12.[Na+]. The van der Waals surface area contributed by atoms with Crippen LogP contribution in [0.3, 0.4) is 0 Å². The van der Waals surface area contributed by atoms with Crippen LogP contribution in [-0.4, -0.2) is 35.7 Å². The molecule has 130 valence electrons. The maximum atomic E-state index is 12.2. The minimum atomic E-state index is -1.01. The Morgan fingerprint density at radius 3 is 2.36 bits per heavy atom. The van der Waals surface area contributed by atoms with E-state index >= 15 is 0 Å². The average Bonchev–Trinajstić information content (AvgIpc) is 2.82. The van der Waals surface area contributed by atoms with Crippen molar-refractivity contribution in [1.82, 2.24) is 4.90 Å². The van der Waals surface area contributed by atoms with Crippen molar-refractivity contribution < 1.29 is 49.0 Å². The summed E-state index contributed by atoms with van der Waals surface area (Å²) in [5, 5.41) is 11.5. The molecule has 3 rings (SSSR count). The fourth-order valence-corrected chi connectivity index (χ4v) is 4.02. The first-order chi connectivity index (χ1) is 11.2. The summed E-state index contributed by atoms with van der Waals surface area (Å²) in [6.45, 7) is 6.74. The van der Waals surface area contributed by atoms with Crippen LogP contribution in [0.15, 0.2) is 24.3 Å². The van der Waals surface area contributed by atoms with Crippen molar-refractivity contribution in [2.24, 2.45) is 0 Å². The minimum Gasteiger partial charge on any atom is -0.549 e. The van der Waals surface area contributed by atoms with Crippen molar-refractivity contribution in [1.29, 1.82) is 0 Å². The molecule has 1 aromatic rings. The van der Waals surface area contributed by atoms with Crippen molar-refractivity contribution in [2.75, 3.05) is 13.1 Å². The number of benzene rings is 1. The fraction of sp³-hybridized carbons (Fsp3) is 0.579. The molecule has 0 N–H and O–H groups in total. The van der Waals surface area contributed by atoms with E-state index in [0.717, 1.165) is 24.0 Å². The monoisotopic (exact) mass is 353 g/mol. The van der Waals surface area contributed by atoms with E-state index in [0.29, 0.717) is 19.5 Å². The van der Waals surface area contributed by atoms with Crippen LogP contribution in [0.4, 0.5) is 4.79 Å². The number of ether oxygens (including phenoxy) is 1. The number of likely N-dealkylation sites (tertiary alicyclic amines) is 1. The molecule has 0 radical (unpaired) electrons. The summed E-state index contributed by atoms with van der Waals surface area (Å²) >= 11 is 0. The number of fused-ring (bicyclic) bond motifs is 2. The zero-order valence-corrected chi connectivity index (χ0v) is 17.5. The number of nitrogens with zero attached hydrogens (tertiary/aromatic N) is 1. The Balaban J connectivity index is 0.00000225. The fourth-order valence-electron chi connectivity index (χ4n) is 4.02. The van der Waals surface area contributed by atoms with Gasteiger partial charge in [0.05, 0.1) is 0 Å². The third-order valence-electron chi connectivity index (χ3n) is 5.16. The average molecular weight is 353 g/mol. The van der Waals surface area contributed by atoms with Gasteiger partial charge in [-0.05, 0) is 56.6 Å². The summed E-state index contributed by atoms with van der Waals surface area (Å²) in [6.07, 6.45) is 1.79. The number of aliphatic carboxylic acids is 1. The van der Waals surface area contributed by atoms with Gasteiger partial charge in [0.25, 0.3) is 0 Å². The van der Waals surface area contributed by atoms with E-state index in [-0.39, 0.29) is 41.1 Å². The van der Waals surface area contributed by atoms with Crippen LogP contribution in [0.2, 0.25) is 0 Å². The van der Waals surface area contributed by atoms with Crippen LogP contribution in [0.1, 0.15) is 57.1 Å². The van der Waals surface area contributed by atoms with Crippen LogP contribution in [0.25, 0.3) is 0 Å². The number of carboxylic acids is 1. The molecule has 1 saturated heterocycles. The maximum absolute atomic E-state index is 12.2. The Hall–Kier alpha value is -1.04. The molecule has 1 aliphatic heterocycles. The van der Waals surface area contributed by atoms with Crippen molar-refractivity contribution in [3.63, 3.8) is 0 Å². The molecule has 1 aliphatic carbocycles. The minimum absolute atomic E-state index is 0. The van der Waals surface area contributed by atoms with E-state index in [1.807, 2.05) is 45.0 Å². The van der Waals surface area contributed by atoms with Crippen LogP contribution in [0.5, 0.6) is 0 Å². The summed E-state index contributed by atoms with van der Waals surface area (Å²) in [5.74, 6) is -1.55. The van der Waals surface area contributed by atoms with Gasteiger partial charge in [-0.15, -0.1) is 0 Å². The second-order valence-electron chi connectivity index (χ2n) is 7.91. The number of carbonyl (C=O) groups excluding carboxylic acids is 2. The van der Waals surface area contributed by atoms with E-state index in [2.05, 4.69) is 0 Å². The summed E-state index contributed by atoms with van der Waals surface area (Å²) in [7, 11) is 0. The zero-order chi connectivity index (χ0) is 17.5. The Morgan fingerprint density at radius 1 is 1.20 bits per heavy atom. The number of carboxylic acid groups (broad SMARTS) is 1. The second kappa shape index (κ2) is 7.29. The molecule has 0 aromatic heterocycles. The molecule has 0 saturated carbocycles. The second-order valence-corrected chi connectivity index (χ2v) is 7.91. The molecule has 1 aromatic carbocycles. The molecule has 1 unspecified atom stereocenters. The number of amides is 1. The summed E-state index contributed by atoms with van der Waals surface area (Å²) in [5.41, 5.74) is 1.32. The van der Waals surface area contributed by atoms with E-state index in [1.54, 1.807) is 4.90 Å². The van der Waals surface area contributed by atoms with Gasteiger partial charge in [0.1, 0.15) is 5.60 Å². The van der Waals surface area contributed by atoms with E-state index in [4.69, 9.17) is 4.74 Å². The van der Waals surface area contributed by atoms with Gasteiger partial charge in [0, 0.05) is 25.0 Å². The summed E-state index contributed by atoms with van der Waals surface area (Å²) in [6, 6.07) is 7.76. The Bertz CT molecular complexity index is 660. The Kier molecular flexibility index (Phi) is 5.92.